The maximum atomic E-state index is 11.6. The van der Waals surface area contributed by atoms with Crippen LogP contribution in [0.25, 0.3) is 0 Å². The van der Waals surface area contributed by atoms with Crippen LogP contribution in [0.5, 0.6) is 0 Å². The molecule has 0 amide bonds. The molecule has 2 heteroatoms. The molecule has 0 saturated heterocycles. The predicted octanol–water partition coefficient (Wildman–Crippen LogP) is 2.11. The molecule has 0 spiro atoms. The first-order chi connectivity index (χ1) is 6.12. The second kappa shape index (κ2) is 2.93. The Kier molecular flexibility index (Phi) is 2.01. The molecule has 0 radical (unpaired) electrons. The predicted molar refractivity (Wildman–Crippen MR) is 49.3 cm³/mol. The smallest absolute Gasteiger partial charge is 0.143 e. The standard InChI is InChI=1S/C11H16O2/c1-11-5-3-2-4-9(11)10(13)6-8(12)7-11/h9H,2-7H2,1H3. The lowest BCUT2D eigenvalue weighted by atomic mass is 9.60. The van der Waals surface area contributed by atoms with Gasteiger partial charge in [-0.1, -0.05) is 19.8 Å². The highest BCUT2D eigenvalue weighted by Crippen LogP contribution is 2.47. The van der Waals surface area contributed by atoms with E-state index in [0.717, 1.165) is 12.8 Å². The average molecular weight is 180 g/mol. The molecule has 2 atom stereocenters. The van der Waals surface area contributed by atoms with Crippen molar-refractivity contribution in [3.63, 3.8) is 0 Å². The summed E-state index contributed by atoms with van der Waals surface area (Å²) in [5.74, 6) is 0.558. The summed E-state index contributed by atoms with van der Waals surface area (Å²) < 4.78 is 0. The summed E-state index contributed by atoms with van der Waals surface area (Å²) in [6.07, 6.45) is 5.29. The normalized spacial score (nSPS) is 40.2. The van der Waals surface area contributed by atoms with Crippen molar-refractivity contribution < 1.29 is 9.59 Å². The average Bonchev–Trinajstić information content (AvgIpc) is 2.01. The molecule has 0 N–H and O–H groups in total. The first-order valence-electron chi connectivity index (χ1n) is 5.16. The minimum Gasteiger partial charge on any atom is -0.299 e. The Bertz CT molecular complexity index is 257. The summed E-state index contributed by atoms with van der Waals surface area (Å²) in [7, 11) is 0. The molecule has 2 unspecified atom stereocenters. The molecule has 0 aliphatic heterocycles. The molecule has 2 saturated carbocycles. The number of carbonyl (C=O) groups excluding carboxylic acids is 2. The van der Waals surface area contributed by atoms with Gasteiger partial charge in [0.25, 0.3) is 0 Å². The van der Waals surface area contributed by atoms with Crippen LogP contribution in [0.1, 0.15) is 45.4 Å². The zero-order valence-corrected chi connectivity index (χ0v) is 8.14. The van der Waals surface area contributed by atoms with Crippen molar-refractivity contribution in [2.75, 3.05) is 0 Å². The topological polar surface area (TPSA) is 34.1 Å². The third-order valence-electron chi connectivity index (χ3n) is 3.69. The van der Waals surface area contributed by atoms with Crippen LogP contribution < -0.4 is 0 Å². The zero-order chi connectivity index (χ0) is 9.47. The van der Waals surface area contributed by atoms with Gasteiger partial charge in [-0.3, -0.25) is 9.59 Å². The molecule has 13 heavy (non-hydrogen) atoms. The molecule has 0 bridgehead atoms. The summed E-state index contributed by atoms with van der Waals surface area (Å²) in [5.41, 5.74) is 0.0185. The highest BCUT2D eigenvalue weighted by atomic mass is 16.1. The Morgan fingerprint density at radius 3 is 2.85 bits per heavy atom. The van der Waals surface area contributed by atoms with E-state index in [0.29, 0.717) is 6.42 Å². The molecule has 0 aromatic heterocycles. The first-order valence-corrected chi connectivity index (χ1v) is 5.16. The second-order valence-electron chi connectivity index (χ2n) is 4.81. The monoisotopic (exact) mass is 180 g/mol. The number of carbonyl (C=O) groups is 2. The van der Waals surface area contributed by atoms with E-state index in [1.807, 2.05) is 0 Å². The fourth-order valence-corrected chi connectivity index (χ4v) is 2.99. The number of ketones is 2. The third kappa shape index (κ3) is 1.43. The fraction of sp³-hybridized carbons (Fsp3) is 0.818. The van der Waals surface area contributed by atoms with E-state index in [4.69, 9.17) is 0 Å². The lowest BCUT2D eigenvalue weighted by Gasteiger charge is -2.43. The summed E-state index contributed by atoms with van der Waals surface area (Å²) in [4.78, 5) is 22.9. The summed E-state index contributed by atoms with van der Waals surface area (Å²) in [5, 5.41) is 0. The highest BCUT2D eigenvalue weighted by molar-refractivity contribution is 6.03. The van der Waals surface area contributed by atoms with Crippen molar-refractivity contribution in [1.82, 2.24) is 0 Å². The second-order valence-corrected chi connectivity index (χ2v) is 4.81. The van der Waals surface area contributed by atoms with Crippen LogP contribution in [0.4, 0.5) is 0 Å². The van der Waals surface area contributed by atoms with E-state index >= 15 is 0 Å². The minimum absolute atomic E-state index is 0.0185. The molecule has 0 heterocycles. The van der Waals surface area contributed by atoms with Gasteiger partial charge in [-0.05, 0) is 18.3 Å². The molecule has 2 aliphatic carbocycles. The number of fused-ring (bicyclic) bond motifs is 1. The van der Waals surface area contributed by atoms with Crippen LogP contribution in [0.15, 0.2) is 0 Å². The maximum absolute atomic E-state index is 11.6. The maximum Gasteiger partial charge on any atom is 0.143 e. The van der Waals surface area contributed by atoms with Gasteiger partial charge >= 0.3 is 0 Å². The van der Waals surface area contributed by atoms with Crippen LogP contribution in [-0.4, -0.2) is 11.6 Å². The van der Waals surface area contributed by atoms with Gasteiger partial charge in [-0.15, -0.1) is 0 Å². The van der Waals surface area contributed by atoms with E-state index < -0.39 is 0 Å². The number of hydrogen-bond acceptors (Lipinski definition) is 2. The van der Waals surface area contributed by atoms with Crippen molar-refractivity contribution in [2.45, 2.75) is 45.4 Å². The van der Waals surface area contributed by atoms with Crippen molar-refractivity contribution >= 4 is 11.6 Å². The van der Waals surface area contributed by atoms with E-state index in [9.17, 15) is 9.59 Å². The van der Waals surface area contributed by atoms with Crippen LogP contribution >= 0.6 is 0 Å². The van der Waals surface area contributed by atoms with Crippen molar-refractivity contribution in [1.29, 1.82) is 0 Å². The van der Waals surface area contributed by atoms with Gasteiger partial charge in [0.1, 0.15) is 11.6 Å². The van der Waals surface area contributed by atoms with Gasteiger partial charge in [0, 0.05) is 12.3 Å². The third-order valence-corrected chi connectivity index (χ3v) is 3.69. The SMILES string of the molecule is CC12CCCCC1C(=O)CC(=O)C2. The molecule has 2 rings (SSSR count). The first kappa shape index (κ1) is 8.92. The summed E-state index contributed by atoms with van der Waals surface area (Å²) in [6, 6.07) is 0. The quantitative estimate of drug-likeness (QED) is 0.535. The molecule has 72 valence electrons. The Hall–Kier alpha value is -0.660. The Labute approximate surface area is 78.7 Å². The fourth-order valence-electron chi connectivity index (χ4n) is 2.99. The van der Waals surface area contributed by atoms with E-state index in [1.54, 1.807) is 0 Å². The Morgan fingerprint density at radius 2 is 2.08 bits per heavy atom. The van der Waals surface area contributed by atoms with E-state index in [1.165, 1.54) is 12.8 Å². The van der Waals surface area contributed by atoms with Gasteiger partial charge in [0.2, 0.25) is 0 Å². The zero-order valence-electron chi connectivity index (χ0n) is 8.14. The van der Waals surface area contributed by atoms with Crippen LogP contribution in [0.3, 0.4) is 0 Å². The summed E-state index contributed by atoms with van der Waals surface area (Å²) in [6.45, 7) is 2.12. The largest absolute Gasteiger partial charge is 0.299 e. The van der Waals surface area contributed by atoms with Crippen LogP contribution in [0.2, 0.25) is 0 Å². The van der Waals surface area contributed by atoms with E-state index in [2.05, 4.69) is 6.92 Å². The molecule has 2 fully saturated rings. The van der Waals surface area contributed by atoms with Crippen LogP contribution in [-0.2, 0) is 9.59 Å². The minimum atomic E-state index is 0.0185. The molecule has 2 aliphatic rings. The van der Waals surface area contributed by atoms with E-state index in [-0.39, 0.29) is 29.3 Å². The van der Waals surface area contributed by atoms with Crippen LogP contribution in [0, 0.1) is 11.3 Å². The Balaban J connectivity index is 2.24. The molecular weight excluding hydrogens is 164 g/mol. The van der Waals surface area contributed by atoms with Gasteiger partial charge in [0.05, 0.1) is 6.42 Å². The van der Waals surface area contributed by atoms with Crippen molar-refractivity contribution in [3.05, 3.63) is 0 Å². The lowest BCUT2D eigenvalue weighted by molar-refractivity contribution is -0.141. The van der Waals surface area contributed by atoms with Crippen molar-refractivity contribution in [2.24, 2.45) is 11.3 Å². The molecule has 0 aromatic carbocycles. The van der Waals surface area contributed by atoms with Gasteiger partial charge in [-0.25, -0.2) is 0 Å². The Morgan fingerprint density at radius 1 is 1.31 bits per heavy atom. The number of hydrogen-bond donors (Lipinski definition) is 0. The number of Topliss-reactive ketones (excluding diaryl/α,β-unsaturated/α-hetero) is 2. The van der Waals surface area contributed by atoms with Gasteiger partial charge in [-0.2, -0.15) is 0 Å². The van der Waals surface area contributed by atoms with Gasteiger partial charge < -0.3 is 0 Å². The molecular formula is C11H16O2. The van der Waals surface area contributed by atoms with Gasteiger partial charge in [0.15, 0.2) is 0 Å². The summed E-state index contributed by atoms with van der Waals surface area (Å²) >= 11 is 0. The highest BCUT2D eigenvalue weighted by Gasteiger charge is 2.45. The molecule has 0 aromatic rings. The number of rotatable bonds is 0. The molecule has 2 nitrogen and oxygen atoms in total. The van der Waals surface area contributed by atoms with Crippen molar-refractivity contribution in [3.8, 4) is 0 Å². The lowest BCUT2D eigenvalue weighted by Crippen LogP contribution is -2.43.